The number of hydrogen-bond donors (Lipinski definition) is 2. The number of fused-ring (bicyclic) bond motifs is 1. The number of carbonyl (C=O) groups is 1. The summed E-state index contributed by atoms with van der Waals surface area (Å²) in [6, 6.07) is 2.85. The fourth-order valence-corrected chi connectivity index (χ4v) is 3.54. The molecule has 0 unspecified atom stereocenters. The van der Waals surface area contributed by atoms with Gasteiger partial charge in [0.2, 0.25) is 5.56 Å². The van der Waals surface area contributed by atoms with Crippen LogP contribution in [0.3, 0.4) is 0 Å². The number of amides is 1. The maximum absolute atomic E-state index is 12.1. The lowest BCUT2D eigenvalue weighted by molar-refractivity contribution is 0.102. The summed E-state index contributed by atoms with van der Waals surface area (Å²) in [5.74, 6) is -0.304. The zero-order valence-corrected chi connectivity index (χ0v) is 12.1. The summed E-state index contributed by atoms with van der Waals surface area (Å²) in [6.07, 6.45) is 3.58. The second kappa shape index (κ2) is 4.56. The average molecular weight is 289 g/mol. The van der Waals surface area contributed by atoms with Crippen LogP contribution in [-0.4, -0.2) is 15.9 Å². The van der Waals surface area contributed by atoms with Crippen LogP contribution in [-0.2, 0) is 11.8 Å². The van der Waals surface area contributed by atoms with Crippen LogP contribution in [0, 0.1) is 0 Å². The van der Waals surface area contributed by atoms with Gasteiger partial charge in [0.1, 0.15) is 0 Å². The van der Waals surface area contributed by atoms with Crippen molar-refractivity contribution in [2.75, 3.05) is 5.32 Å². The highest BCUT2D eigenvalue weighted by atomic mass is 32.1. The highest BCUT2D eigenvalue weighted by Crippen LogP contribution is 2.42. The van der Waals surface area contributed by atoms with Crippen molar-refractivity contribution in [3.63, 3.8) is 0 Å². The monoisotopic (exact) mass is 289 g/mol. The van der Waals surface area contributed by atoms with Gasteiger partial charge in [-0.3, -0.25) is 14.9 Å². The summed E-state index contributed by atoms with van der Waals surface area (Å²) >= 11 is 1.52. The zero-order valence-electron chi connectivity index (χ0n) is 11.3. The van der Waals surface area contributed by atoms with E-state index in [1.54, 1.807) is 6.07 Å². The fraction of sp³-hybridized carbons (Fsp3) is 0.357. The molecule has 0 saturated heterocycles. The lowest BCUT2D eigenvalue weighted by atomic mass is 9.91. The minimum atomic E-state index is -0.304. The van der Waals surface area contributed by atoms with E-state index in [-0.39, 0.29) is 16.9 Å². The van der Waals surface area contributed by atoms with Crippen molar-refractivity contribution in [1.82, 2.24) is 9.97 Å². The molecule has 0 bridgehead atoms. The minimum absolute atomic E-state index is 0.0820. The number of aryl methyl sites for hydroxylation is 1. The van der Waals surface area contributed by atoms with Crippen molar-refractivity contribution in [2.24, 2.45) is 0 Å². The molecule has 0 aliphatic heterocycles. The summed E-state index contributed by atoms with van der Waals surface area (Å²) in [6.45, 7) is 4.34. The molecule has 0 radical (unpaired) electrons. The van der Waals surface area contributed by atoms with Crippen LogP contribution in [0.1, 0.15) is 41.2 Å². The Hall–Kier alpha value is -1.95. The number of thiazole rings is 1. The molecule has 1 aliphatic rings. The second-order valence-electron chi connectivity index (χ2n) is 5.57. The van der Waals surface area contributed by atoms with Gasteiger partial charge >= 0.3 is 0 Å². The van der Waals surface area contributed by atoms with Crippen LogP contribution in [0.5, 0.6) is 0 Å². The van der Waals surface area contributed by atoms with Gasteiger partial charge in [-0.2, -0.15) is 0 Å². The van der Waals surface area contributed by atoms with Crippen molar-refractivity contribution in [3.05, 3.63) is 44.8 Å². The molecule has 3 rings (SSSR count). The molecule has 0 atom stereocenters. The van der Waals surface area contributed by atoms with Gasteiger partial charge < -0.3 is 4.98 Å². The topological polar surface area (TPSA) is 74.8 Å². The number of aromatic amines is 1. The van der Waals surface area contributed by atoms with E-state index >= 15 is 0 Å². The van der Waals surface area contributed by atoms with Crippen molar-refractivity contribution in [3.8, 4) is 0 Å². The Kier molecular flexibility index (Phi) is 2.97. The average Bonchev–Trinajstić information content (AvgIpc) is 2.91. The number of H-pyrrole nitrogens is 1. The lowest BCUT2D eigenvalue weighted by Gasteiger charge is -2.15. The highest BCUT2D eigenvalue weighted by Gasteiger charge is 2.33. The van der Waals surface area contributed by atoms with Gasteiger partial charge in [0.25, 0.3) is 5.91 Å². The third kappa shape index (κ3) is 2.27. The number of nitrogens with one attached hydrogen (secondary N) is 2. The molecule has 0 fully saturated rings. The van der Waals surface area contributed by atoms with Gasteiger partial charge in [-0.15, -0.1) is 11.3 Å². The van der Waals surface area contributed by atoms with E-state index in [0.717, 1.165) is 18.5 Å². The van der Waals surface area contributed by atoms with Crippen LogP contribution in [0.4, 0.5) is 5.13 Å². The Bertz CT molecular complexity index is 730. The van der Waals surface area contributed by atoms with Crippen molar-refractivity contribution >= 4 is 22.4 Å². The summed E-state index contributed by atoms with van der Waals surface area (Å²) in [5.41, 5.74) is 1.21. The molecule has 2 N–H and O–H groups in total. The normalized spacial score (nSPS) is 15.9. The fourth-order valence-electron chi connectivity index (χ4n) is 2.40. The van der Waals surface area contributed by atoms with Gasteiger partial charge in [0, 0.05) is 28.1 Å². The van der Waals surface area contributed by atoms with Gasteiger partial charge in [-0.05, 0) is 18.9 Å². The maximum Gasteiger partial charge on any atom is 0.257 e. The predicted octanol–water partition coefficient (Wildman–Crippen LogP) is 2.31. The molecule has 2 heterocycles. The first kappa shape index (κ1) is 13.1. The first-order valence-corrected chi connectivity index (χ1v) is 7.28. The van der Waals surface area contributed by atoms with Gasteiger partial charge in [0.15, 0.2) is 5.13 Å². The second-order valence-corrected chi connectivity index (χ2v) is 6.65. The first-order chi connectivity index (χ1) is 9.45. The van der Waals surface area contributed by atoms with E-state index in [9.17, 15) is 9.59 Å². The van der Waals surface area contributed by atoms with E-state index in [1.165, 1.54) is 28.5 Å². The Morgan fingerprint density at radius 2 is 2.30 bits per heavy atom. The summed E-state index contributed by atoms with van der Waals surface area (Å²) in [4.78, 5) is 31.5. The Morgan fingerprint density at radius 3 is 3.00 bits per heavy atom. The highest BCUT2D eigenvalue weighted by molar-refractivity contribution is 7.16. The number of rotatable bonds is 2. The van der Waals surface area contributed by atoms with Gasteiger partial charge in [-0.1, -0.05) is 13.8 Å². The summed E-state index contributed by atoms with van der Waals surface area (Å²) < 4.78 is 0. The Morgan fingerprint density at radius 1 is 1.50 bits per heavy atom. The SMILES string of the molecule is CC1(C)CCc2sc(NC(=O)c3cc[nH]c(=O)c3)nc21. The molecule has 0 aromatic carbocycles. The minimum Gasteiger partial charge on any atom is -0.329 e. The van der Waals surface area contributed by atoms with Crippen LogP contribution < -0.4 is 10.9 Å². The Balaban J connectivity index is 1.83. The van der Waals surface area contributed by atoms with Crippen molar-refractivity contribution in [1.29, 1.82) is 0 Å². The maximum atomic E-state index is 12.1. The summed E-state index contributed by atoms with van der Waals surface area (Å²) in [7, 11) is 0. The molecule has 2 aromatic rings. The van der Waals surface area contributed by atoms with E-state index in [2.05, 4.69) is 29.1 Å². The van der Waals surface area contributed by atoms with Crippen molar-refractivity contribution < 1.29 is 4.79 Å². The predicted molar refractivity (Wildman–Crippen MR) is 78.5 cm³/mol. The molecular weight excluding hydrogens is 274 g/mol. The molecule has 104 valence electrons. The smallest absolute Gasteiger partial charge is 0.257 e. The molecule has 0 spiro atoms. The molecular formula is C14H15N3O2S. The van der Waals surface area contributed by atoms with Crippen LogP contribution >= 0.6 is 11.3 Å². The molecule has 2 aromatic heterocycles. The third-order valence-electron chi connectivity index (χ3n) is 3.57. The number of pyridine rings is 1. The summed E-state index contributed by atoms with van der Waals surface area (Å²) in [5, 5.41) is 3.37. The number of carbonyl (C=O) groups excluding carboxylic acids is 1. The molecule has 5 nitrogen and oxygen atoms in total. The van der Waals surface area contributed by atoms with Crippen LogP contribution in [0.2, 0.25) is 0 Å². The molecule has 0 saturated carbocycles. The number of aromatic nitrogens is 2. The van der Waals surface area contributed by atoms with Crippen molar-refractivity contribution in [2.45, 2.75) is 32.1 Å². The molecule has 1 aliphatic carbocycles. The molecule has 20 heavy (non-hydrogen) atoms. The van der Waals surface area contributed by atoms with E-state index in [1.807, 2.05) is 0 Å². The first-order valence-electron chi connectivity index (χ1n) is 6.46. The molecule has 6 heteroatoms. The zero-order chi connectivity index (χ0) is 14.3. The van der Waals surface area contributed by atoms with E-state index in [0.29, 0.717) is 10.7 Å². The lowest BCUT2D eigenvalue weighted by Crippen LogP contribution is -2.16. The van der Waals surface area contributed by atoms with E-state index < -0.39 is 0 Å². The number of hydrogen-bond acceptors (Lipinski definition) is 4. The third-order valence-corrected chi connectivity index (χ3v) is 4.60. The Labute approximate surface area is 120 Å². The van der Waals surface area contributed by atoms with Crippen LogP contribution in [0.25, 0.3) is 0 Å². The van der Waals surface area contributed by atoms with Gasteiger partial charge in [0.05, 0.1) is 5.69 Å². The number of anilines is 1. The largest absolute Gasteiger partial charge is 0.329 e. The van der Waals surface area contributed by atoms with Crippen LogP contribution in [0.15, 0.2) is 23.1 Å². The van der Waals surface area contributed by atoms with Gasteiger partial charge in [-0.25, -0.2) is 4.98 Å². The number of nitrogens with zero attached hydrogens (tertiary/aromatic N) is 1. The standard InChI is InChI=1S/C14H15N3O2S/c1-14(2)5-3-9-11(14)16-13(20-9)17-12(19)8-4-6-15-10(18)7-8/h4,6-7H,3,5H2,1-2H3,(H,15,18)(H,16,17,19). The quantitative estimate of drug-likeness (QED) is 0.891. The molecule has 1 amide bonds. The van der Waals surface area contributed by atoms with E-state index in [4.69, 9.17) is 0 Å².